The highest BCUT2D eigenvalue weighted by molar-refractivity contribution is 14.1. The molecule has 0 fully saturated rings. The molecule has 0 aliphatic rings. The molecule has 0 unspecified atom stereocenters. The zero-order chi connectivity index (χ0) is 10.0. The largest absolute Gasteiger partial charge is 0.294 e. The number of aromatic nitrogens is 2. The van der Waals surface area contributed by atoms with E-state index in [1.165, 1.54) is 10.9 Å². The fraction of sp³-hybridized carbons (Fsp3) is 0.250. The van der Waals surface area contributed by atoms with Crippen LogP contribution in [0.25, 0.3) is 0 Å². The lowest BCUT2D eigenvalue weighted by molar-refractivity contribution is 0.721. The average Bonchev–Trinajstić information content (AvgIpc) is 2.06. The molecular formula is C8H8ClIN2O. The first-order valence-corrected chi connectivity index (χ1v) is 5.03. The Hall–Kier alpha value is -0.360. The van der Waals surface area contributed by atoms with Gasteiger partial charge in [-0.1, -0.05) is 23.8 Å². The van der Waals surface area contributed by atoms with Gasteiger partial charge in [-0.2, -0.15) is 0 Å². The first kappa shape index (κ1) is 10.7. The summed E-state index contributed by atoms with van der Waals surface area (Å²) in [6.45, 7) is 6.06. The summed E-state index contributed by atoms with van der Waals surface area (Å²) in [6.07, 6.45) is 1.43. The smallest absolute Gasteiger partial charge is 0.268 e. The van der Waals surface area contributed by atoms with Crippen LogP contribution in [0.5, 0.6) is 0 Å². The van der Waals surface area contributed by atoms with Crippen molar-refractivity contribution in [2.24, 2.45) is 0 Å². The quantitative estimate of drug-likeness (QED) is 0.476. The Kier molecular flexibility index (Phi) is 3.49. The molecule has 5 heteroatoms. The van der Waals surface area contributed by atoms with Gasteiger partial charge in [-0.15, -0.1) is 0 Å². The predicted octanol–water partition coefficient (Wildman–Crippen LogP) is 2.08. The second-order valence-electron chi connectivity index (χ2n) is 2.74. The van der Waals surface area contributed by atoms with Crippen LogP contribution in [0.15, 0.2) is 23.3 Å². The Labute approximate surface area is 94.6 Å². The molecule has 70 valence electrons. The van der Waals surface area contributed by atoms with Crippen molar-refractivity contribution in [2.45, 2.75) is 13.5 Å². The van der Waals surface area contributed by atoms with Crippen molar-refractivity contribution in [3.05, 3.63) is 37.6 Å². The monoisotopic (exact) mass is 310 g/mol. The van der Waals surface area contributed by atoms with Gasteiger partial charge in [-0.25, -0.2) is 4.98 Å². The Morgan fingerprint density at radius 1 is 1.85 bits per heavy atom. The van der Waals surface area contributed by atoms with Gasteiger partial charge in [0.1, 0.15) is 8.72 Å². The van der Waals surface area contributed by atoms with Gasteiger partial charge in [-0.3, -0.25) is 9.36 Å². The third kappa shape index (κ3) is 2.54. The van der Waals surface area contributed by atoms with Gasteiger partial charge in [-0.05, 0) is 29.5 Å². The molecule has 0 N–H and O–H groups in total. The van der Waals surface area contributed by atoms with Gasteiger partial charge < -0.3 is 0 Å². The summed E-state index contributed by atoms with van der Waals surface area (Å²) < 4.78 is 1.93. The fourth-order valence-corrected chi connectivity index (χ4v) is 1.42. The number of hydrogen-bond donors (Lipinski definition) is 0. The van der Waals surface area contributed by atoms with E-state index in [4.69, 9.17) is 11.6 Å². The van der Waals surface area contributed by atoms with Crippen LogP contribution < -0.4 is 5.56 Å². The van der Waals surface area contributed by atoms with Crippen molar-refractivity contribution in [1.29, 1.82) is 0 Å². The molecule has 0 aliphatic carbocycles. The summed E-state index contributed by atoms with van der Waals surface area (Å²) in [5.41, 5.74) is 0.783. The number of allylic oxidation sites excluding steroid dienone is 1. The molecule has 1 heterocycles. The molecule has 0 saturated carbocycles. The summed E-state index contributed by atoms with van der Waals surface area (Å²) in [6, 6.07) is 0. The van der Waals surface area contributed by atoms with Gasteiger partial charge in [0.15, 0.2) is 0 Å². The minimum absolute atomic E-state index is 0.122. The maximum Gasteiger partial charge on any atom is 0.268 e. The summed E-state index contributed by atoms with van der Waals surface area (Å²) in [5.74, 6) is 0. The van der Waals surface area contributed by atoms with Crippen LogP contribution in [0.3, 0.4) is 0 Å². The Morgan fingerprint density at radius 3 is 3.00 bits per heavy atom. The van der Waals surface area contributed by atoms with E-state index in [0.717, 1.165) is 5.57 Å². The maximum absolute atomic E-state index is 11.5. The van der Waals surface area contributed by atoms with E-state index in [2.05, 4.69) is 11.6 Å². The lowest BCUT2D eigenvalue weighted by atomic mass is 10.3. The van der Waals surface area contributed by atoms with Crippen LogP contribution in [0.1, 0.15) is 6.92 Å². The third-order valence-electron chi connectivity index (χ3n) is 1.38. The minimum atomic E-state index is -0.122. The molecule has 0 spiro atoms. The predicted molar refractivity (Wildman–Crippen MR) is 61.0 cm³/mol. The molecule has 0 atom stereocenters. The van der Waals surface area contributed by atoms with Crippen LogP contribution in [0.2, 0.25) is 5.15 Å². The molecule has 0 amide bonds. The molecule has 13 heavy (non-hydrogen) atoms. The lowest BCUT2D eigenvalue weighted by Crippen LogP contribution is -2.23. The number of rotatable bonds is 2. The molecule has 0 radical (unpaired) electrons. The average molecular weight is 311 g/mol. The second kappa shape index (κ2) is 4.23. The first-order chi connectivity index (χ1) is 6.02. The highest BCUT2D eigenvalue weighted by atomic mass is 127. The van der Waals surface area contributed by atoms with Crippen molar-refractivity contribution >= 4 is 34.2 Å². The van der Waals surface area contributed by atoms with Crippen molar-refractivity contribution in [3.63, 3.8) is 0 Å². The summed E-state index contributed by atoms with van der Waals surface area (Å²) in [7, 11) is 0. The summed E-state index contributed by atoms with van der Waals surface area (Å²) in [5, 5.41) is 0.253. The number of hydrogen-bond acceptors (Lipinski definition) is 2. The fourth-order valence-electron chi connectivity index (χ4n) is 0.847. The van der Waals surface area contributed by atoms with Crippen molar-refractivity contribution in [1.82, 2.24) is 9.55 Å². The summed E-state index contributed by atoms with van der Waals surface area (Å²) >= 11 is 7.55. The number of halogens is 2. The molecule has 0 aromatic carbocycles. The first-order valence-electron chi connectivity index (χ1n) is 3.57. The Morgan fingerprint density at radius 2 is 2.46 bits per heavy atom. The van der Waals surface area contributed by atoms with Crippen molar-refractivity contribution in [3.8, 4) is 0 Å². The SMILES string of the molecule is C=C(C)Cn1cnc(Cl)c(I)c1=O. The van der Waals surface area contributed by atoms with Gasteiger partial charge in [0.2, 0.25) is 0 Å². The van der Waals surface area contributed by atoms with Crippen LogP contribution in [0, 0.1) is 3.57 Å². The van der Waals surface area contributed by atoms with Gasteiger partial charge in [0.05, 0.1) is 6.33 Å². The van der Waals surface area contributed by atoms with Crippen LogP contribution in [-0.4, -0.2) is 9.55 Å². The Bertz CT molecular complexity index is 400. The van der Waals surface area contributed by atoms with Crippen LogP contribution in [0.4, 0.5) is 0 Å². The molecule has 1 aromatic rings. The Balaban J connectivity index is 3.19. The van der Waals surface area contributed by atoms with Crippen LogP contribution in [-0.2, 0) is 6.54 Å². The van der Waals surface area contributed by atoms with E-state index in [0.29, 0.717) is 10.1 Å². The molecule has 0 aliphatic heterocycles. The molecule has 3 nitrogen and oxygen atoms in total. The van der Waals surface area contributed by atoms with E-state index in [1.54, 1.807) is 0 Å². The van der Waals surface area contributed by atoms with E-state index in [9.17, 15) is 4.79 Å². The van der Waals surface area contributed by atoms with Gasteiger partial charge >= 0.3 is 0 Å². The van der Waals surface area contributed by atoms with Crippen LogP contribution >= 0.6 is 34.2 Å². The molecule has 1 rings (SSSR count). The highest BCUT2D eigenvalue weighted by Gasteiger charge is 2.05. The molecule has 0 saturated heterocycles. The zero-order valence-corrected chi connectivity index (χ0v) is 9.96. The topological polar surface area (TPSA) is 34.9 Å². The molecule has 1 aromatic heterocycles. The van der Waals surface area contributed by atoms with Crippen molar-refractivity contribution in [2.75, 3.05) is 0 Å². The van der Waals surface area contributed by atoms with Crippen molar-refractivity contribution < 1.29 is 0 Å². The maximum atomic E-state index is 11.5. The third-order valence-corrected chi connectivity index (χ3v) is 2.96. The van der Waals surface area contributed by atoms with Gasteiger partial charge in [0.25, 0.3) is 5.56 Å². The van der Waals surface area contributed by atoms with E-state index in [-0.39, 0.29) is 10.7 Å². The summed E-state index contributed by atoms with van der Waals surface area (Å²) in [4.78, 5) is 15.4. The number of nitrogens with zero attached hydrogens (tertiary/aromatic N) is 2. The lowest BCUT2D eigenvalue weighted by Gasteiger charge is -2.04. The molecule has 0 bridgehead atoms. The standard InChI is InChI=1S/C8H8ClIN2O/c1-5(2)3-12-4-11-7(9)6(10)8(12)13/h4H,1,3H2,2H3. The van der Waals surface area contributed by atoms with E-state index < -0.39 is 0 Å². The normalized spacial score (nSPS) is 10.1. The highest BCUT2D eigenvalue weighted by Crippen LogP contribution is 2.09. The molecular weight excluding hydrogens is 302 g/mol. The minimum Gasteiger partial charge on any atom is -0.294 e. The van der Waals surface area contributed by atoms with E-state index >= 15 is 0 Å². The zero-order valence-electron chi connectivity index (χ0n) is 7.05. The van der Waals surface area contributed by atoms with E-state index in [1.807, 2.05) is 29.5 Å². The van der Waals surface area contributed by atoms with Gasteiger partial charge in [0, 0.05) is 6.54 Å². The second-order valence-corrected chi connectivity index (χ2v) is 4.18.